The number of hydrogen-bond donors (Lipinski definition) is 1. The Labute approximate surface area is 120 Å². The Hall–Kier alpha value is -1.67. The lowest BCUT2D eigenvalue weighted by Gasteiger charge is -2.21. The molecule has 1 aromatic rings. The van der Waals surface area contributed by atoms with Gasteiger partial charge in [0.25, 0.3) is 0 Å². The number of amidine groups is 1. The topological polar surface area (TPSA) is 68.0 Å². The molecule has 0 spiro atoms. The summed E-state index contributed by atoms with van der Waals surface area (Å²) in [4.78, 5) is 13.7. The van der Waals surface area contributed by atoms with Gasteiger partial charge >= 0.3 is 0 Å². The molecule has 0 bridgehead atoms. The number of anilines is 1. The summed E-state index contributed by atoms with van der Waals surface area (Å²) in [5.41, 5.74) is 2.55. The molecule has 1 heterocycles. The number of benzene rings is 1. The number of nitrogens with zero attached hydrogens (tertiary/aromatic N) is 2. The number of hydrogen-bond acceptors (Lipinski definition) is 3. The Morgan fingerprint density at radius 3 is 2.32 bits per heavy atom. The second kappa shape index (κ2) is 4.78. The third-order valence-corrected chi connectivity index (χ3v) is 3.92. The first-order valence-electron chi connectivity index (χ1n) is 5.97. The van der Waals surface area contributed by atoms with Crippen molar-refractivity contribution in [3.05, 3.63) is 27.7 Å². The van der Waals surface area contributed by atoms with E-state index in [-0.39, 0.29) is 11.7 Å². The van der Waals surface area contributed by atoms with Crippen LogP contribution in [0.2, 0.25) is 0 Å². The van der Waals surface area contributed by atoms with E-state index < -0.39 is 11.8 Å². The summed E-state index contributed by atoms with van der Waals surface area (Å²) in [6.07, 6.45) is 0. The standard InChI is InChI=1S/C14H14BrN3O/c1-7-4-10(15)5-8(2)12(7)18-13(17)11(6-16)9(3)14(18)19/h4-5,9,11,17H,1-3H3. The van der Waals surface area contributed by atoms with Crippen molar-refractivity contribution in [1.29, 1.82) is 10.7 Å². The van der Waals surface area contributed by atoms with Gasteiger partial charge in [-0.1, -0.05) is 22.9 Å². The second-order valence-electron chi connectivity index (χ2n) is 4.84. The number of rotatable bonds is 1. The van der Waals surface area contributed by atoms with Gasteiger partial charge in [-0.3, -0.25) is 15.1 Å². The van der Waals surface area contributed by atoms with Crippen molar-refractivity contribution in [2.75, 3.05) is 4.90 Å². The third kappa shape index (κ3) is 2.06. The van der Waals surface area contributed by atoms with Crippen LogP contribution in [0.4, 0.5) is 5.69 Å². The number of carbonyl (C=O) groups excluding carboxylic acids is 1. The minimum atomic E-state index is -0.657. The van der Waals surface area contributed by atoms with Gasteiger partial charge < -0.3 is 0 Å². The summed E-state index contributed by atoms with van der Waals surface area (Å²) >= 11 is 3.41. The molecule has 1 aliphatic heterocycles. The first kappa shape index (κ1) is 13.8. The maximum Gasteiger partial charge on any atom is 0.237 e. The molecule has 0 aliphatic carbocycles. The van der Waals surface area contributed by atoms with Gasteiger partial charge in [0.15, 0.2) is 0 Å². The Kier molecular flexibility index (Phi) is 3.46. The third-order valence-electron chi connectivity index (χ3n) is 3.46. The molecule has 1 fully saturated rings. The molecule has 0 radical (unpaired) electrons. The lowest BCUT2D eigenvalue weighted by Crippen LogP contribution is -2.31. The quantitative estimate of drug-likeness (QED) is 0.863. The summed E-state index contributed by atoms with van der Waals surface area (Å²) in [6, 6.07) is 5.87. The van der Waals surface area contributed by atoms with E-state index in [4.69, 9.17) is 10.7 Å². The van der Waals surface area contributed by atoms with Gasteiger partial charge in [-0.2, -0.15) is 5.26 Å². The van der Waals surface area contributed by atoms with Gasteiger partial charge in [-0.15, -0.1) is 0 Å². The van der Waals surface area contributed by atoms with Crippen molar-refractivity contribution in [2.24, 2.45) is 11.8 Å². The molecule has 5 heteroatoms. The Balaban J connectivity index is 2.58. The minimum absolute atomic E-state index is 0.0773. The van der Waals surface area contributed by atoms with E-state index in [2.05, 4.69) is 15.9 Å². The highest BCUT2D eigenvalue weighted by Crippen LogP contribution is 2.36. The number of nitrogens with one attached hydrogen (secondary N) is 1. The number of nitriles is 1. The summed E-state index contributed by atoms with van der Waals surface area (Å²) in [5.74, 6) is -1.21. The molecule has 1 amide bonds. The average Bonchev–Trinajstić information content (AvgIpc) is 2.52. The van der Waals surface area contributed by atoms with Crippen LogP contribution in [0.25, 0.3) is 0 Å². The van der Waals surface area contributed by atoms with Crippen LogP contribution in [-0.4, -0.2) is 11.7 Å². The van der Waals surface area contributed by atoms with Gasteiger partial charge in [-0.25, -0.2) is 0 Å². The van der Waals surface area contributed by atoms with E-state index >= 15 is 0 Å². The molecule has 2 rings (SSSR count). The molecule has 0 saturated carbocycles. The summed E-state index contributed by atoms with van der Waals surface area (Å²) < 4.78 is 0.939. The van der Waals surface area contributed by atoms with Crippen LogP contribution in [-0.2, 0) is 4.79 Å². The zero-order chi connectivity index (χ0) is 14.3. The van der Waals surface area contributed by atoms with E-state index in [1.165, 1.54) is 4.90 Å². The SMILES string of the molecule is Cc1cc(Br)cc(C)c1N1C(=N)C(C#N)C(C)C1=O. The minimum Gasteiger partial charge on any atom is -0.287 e. The number of amides is 1. The van der Waals surface area contributed by atoms with Crippen LogP contribution >= 0.6 is 15.9 Å². The zero-order valence-electron chi connectivity index (χ0n) is 11.0. The van der Waals surface area contributed by atoms with Crippen molar-refractivity contribution >= 4 is 33.4 Å². The molecule has 1 saturated heterocycles. The largest absolute Gasteiger partial charge is 0.287 e. The first-order chi connectivity index (χ1) is 8.88. The fourth-order valence-electron chi connectivity index (χ4n) is 2.50. The normalized spacial score (nSPS) is 22.8. The molecule has 1 aromatic carbocycles. The Morgan fingerprint density at radius 1 is 1.37 bits per heavy atom. The number of aryl methyl sites for hydroxylation is 2. The Morgan fingerprint density at radius 2 is 1.89 bits per heavy atom. The van der Waals surface area contributed by atoms with E-state index in [0.717, 1.165) is 21.3 Å². The lowest BCUT2D eigenvalue weighted by molar-refractivity contribution is -0.120. The fourth-order valence-corrected chi connectivity index (χ4v) is 3.19. The molecule has 1 aliphatic rings. The second-order valence-corrected chi connectivity index (χ2v) is 5.76. The highest BCUT2D eigenvalue weighted by Gasteiger charge is 2.44. The maximum atomic E-state index is 12.3. The van der Waals surface area contributed by atoms with Crippen LogP contribution in [0.5, 0.6) is 0 Å². The van der Waals surface area contributed by atoms with Crippen LogP contribution in [0, 0.1) is 42.4 Å². The number of halogens is 1. The molecular formula is C14H14BrN3O. The predicted molar refractivity (Wildman–Crippen MR) is 77.1 cm³/mol. The summed E-state index contributed by atoms with van der Waals surface area (Å²) in [6.45, 7) is 5.50. The first-order valence-corrected chi connectivity index (χ1v) is 6.76. The van der Waals surface area contributed by atoms with E-state index in [1.54, 1.807) is 6.92 Å². The monoisotopic (exact) mass is 319 g/mol. The van der Waals surface area contributed by atoms with Gasteiger partial charge in [0.2, 0.25) is 5.91 Å². The van der Waals surface area contributed by atoms with Crippen molar-refractivity contribution < 1.29 is 4.79 Å². The molecule has 0 aromatic heterocycles. The molecule has 2 unspecified atom stereocenters. The van der Waals surface area contributed by atoms with Crippen molar-refractivity contribution in [1.82, 2.24) is 0 Å². The number of carbonyl (C=O) groups is 1. The molecule has 98 valence electrons. The van der Waals surface area contributed by atoms with Crippen LogP contribution in [0.3, 0.4) is 0 Å². The molecule has 2 atom stereocenters. The van der Waals surface area contributed by atoms with Gasteiger partial charge in [0.05, 0.1) is 17.7 Å². The fraction of sp³-hybridized carbons (Fsp3) is 0.357. The van der Waals surface area contributed by atoms with Gasteiger partial charge in [-0.05, 0) is 37.1 Å². The van der Waals surface area contributed by atoms with Gasteiger partial charge in [0.1, 0.15) is 11.8 Å². The Bertz CT molecular complexity index is 595. The summed E-state index contributed by atoms with van der Waals surface area (Å²) in [5, 5.41) is 17.2. The van der Waals surface area contributed by atoms with E-state index in [1.807, 2.05) is 32.0 Å². The molecular weight excluding hydrogens is 306 g/mol. The lowest BCUT2D eigenvalue weighted by atomic mass is 9.99. The molecule has 1 N–H and O–H groups in total. The van der Waals surface area contributed by atoms with Crippen molar-refractivity contribution in [3.63, 3.8) is 0 Å². The van der Waals surface area contributed by atoms with Crippen LogP contribution in [0.1, 0.15) is 18.1 Å². The predicted octanol–water partition coefficient (Wildman–Crippen LogP) is 3.17. The zero-order valence-corrected chi connectivity index (χ0v) is 12.6. The van der Waals surface area contributed by atoms with Gasteiger partial charge in [0, 0.05) is 4.47 Å². The van der Waals surface area contributed by atoms with Crippen molar-refractivity contribution in [2.45, 2.75) is 20.8 Å². The summed E-state index contributed by atoms with van der Waals surface area (Å²) in [7, 11) is 0. The van der Waals surface area contributed by atoms with Crippen molar-refractivity contribution in [3.8, 4) is 6.07 Å². The average molecular weight is 320 g/mol. The highest BCUT2D eigenvalue weighted by molar-refractivity contribution is 9.10. The molecule has 19 heavy (non-hydrogen) atoms. The van der Waals surface area contributed by atoms with E-state index in [0.29, 0.717) is 0 Å². The maximum absolute atomic E-state index is 12.3. The smallest absolute Gasteiger partial charge is 0.237 e. The highest BCUT2D eigenvalue weighted by atomic mass is 79.9. The van der Waals surface area contributed by atoms with Crippen LogP contribution < -0.4 is 4.90 Å². The van der Waals surface area contributed by atoms with Crippen LogP contribution in [0.15, 0.2) is 16.6 Å². The van der Waals surface area contributed by atoms with E-state index in [9.17, 15) is 4.79 Å². The molecule has 4 nitrogen and oxygen atoms in total.